The largest absolute Gasteiger partial charge is 0.494 e. The smallest absolute Gasteiger partial charge is 0.433 e. The highest BCUT2D eigenvalue weighted by atomic mass is 79.9. The number of ether oxygens (including phenoxy) is 1. The molecule has 106 valence electrons. The molecule has 0 bridgehead atoms. The van der Waals surface area contributed by atoms with E-state index < -0.39 is 4.92 Å². The maximum atomic E-state index is 10.6. The van der Waals surface area contributed by atoms with Crippen LogP contribution in [0, 0.1) is 10.1 Å². The van der Waals surface area contributed by atoms with E-state index in [0.29, 0.717) is 12.4 Å². The zero-order chi connectivity index (χ0) is 14.7. The maximum absolute atomic E-state index is 10.6. The SMILES string of the molecule is CCOc1ccc(C(Br)c2ccc([N+](=O)[O-])o2)c(Br)c1. The number of nitrogens with zero attached hydrogens (tertiary/aromatic N) is 1. The molecule has 0 radical (unpaired) electrons. The minimum absolute atomic E-state index is 0.272. The lowest BCUT2D eigenvalue weighted by Gasteiger charge is -2.11. The molecule has 20 heavy (non-hydrogen) atoms. The van der Waals surface area contributed by atoms with E-state index in [0.717, 1.165) is 15.8 Å². The summed E-state index contributed by atoms with van der Waals surface area (Å²) in [6.45, 7) is 2.50. The summed E-state index contributed by atoms with van der Waals surface area (Å²) in [4.78, 5) is 9.79. The van der Waals surface area contributed by atoms with Gasteiger partial charge in [-0.05, 0) is 30.7 Å². The molecule has 2 rings (SSSR count). The molecule has 0 saturated carbocycles. The molecule has 0 fully saturated rings. The van der Waals surface area contributed by atoms with Crippen molar-refractivity contribution in [2.45, 2.75) is 11.8 Å². The van der Waals surface area contributed by atoms with Crippen LogP contribution >= 0.6 is 31.9 Å². The fraction of sp³-hybridized carbons (Fsp3) is 0.231. The molecule has 1 heterocycles. The predicted molar refractivity (Wildman–Crippen MR) is 81.4 cm³/mol. The molecule has 0 N–H and O–H groups in total. The Bertz CT molecular complexity index is 627. The van der Waals surface area contributed by atoms with Gasteiger partial charge >= 0.3 is 5.88 Å². The van der Waals surface area contributed by atoms with Crippen LogP contribution < -0.4 is 4.74 Å². The third kappa shape index (κ3) is 3.21. The highest BCUT2D eigenvalue weighted by Crippen LogP contribution is 2.38. The van der Waals surface area contributed by atoms with Gasteiger partial charge in [-0.15, -0.1) is 0 Å². The normalized spacial score (nSPS) is 12.2. The molecule has 5 nitrogen and oxygen atoms in total. The van der Waals surface area contributed by atoms with Crippen LogP contribution in [-0.4, -0.2) is 11.5 Å². The Balaban J connectivity index is 2.27. The summed E-state index contributed by atoms with van der Waals surface area (Å²) in [5.74, 6) is 0.960. The van der Waals surface area contributed by atoms with Gasteiger partial charge in [0, 0.05) is 4.47 Å². The number of alkyl halides is 1. The molecule has 0 spiro atoms. The highest BCUT2D eigenvalue weighted by Gasteiger charge is 2.21. The van der Waals surface area contributed by atoms with Gasteiger partial charge in [-0.2, -0.15) is 0 Å². The molecule has 2 aromatic rings. The first-order valence-corrected chi connectivity index (χ1v) is 7.54. The molecule has 0 aliphatic heterocycles. The standard InChI is InChI=1S/C13H11Br2NO4/c1-2-19-8-3-4-9(10(14)7-8)13(15)11-5-6-12(20-11)16(17)18/h3-7,13H,2H2,1H3. The van der Waals surface area contributed by atoms with E-state index in [9.17, 15) is 10.1 Å². The quantitative estimate of drug-likeness (QED) is 0.406. The summed E-state index contributed by atoms with van der Waals surface area (Å²) in [5, 5.41) is 10.6. The van der Waals surface area contributed by atoms with Crippen LogP contribution in [0.5, 0.6) is 5.75 Å². The Labute approximate surface area is 132 Å². The Hall–Kier alpha value is -1.34. The van der Waals surface area contributed by atoms with Crippen molar-refractivity contribution < 1.29 is 14.1 Å². The van der Waals surface area contributed by atoms with Crippen LogP contribution in [0.2, 0.25) is 0 Å². The Morgan fingerprint density at radius 3 is 2.70 bits per heavy atom. The van der Waals surface area contributed by atoms with Crippen LogP contribution in [0.25, 0.3) is 0 Å². The molecule has 0 amide bonds. The summed E-state index contributed by atoms with van der Waals surface area (Å²) >= 11 is 6.95. The molecule has 1 atom stereocenters. The molecule has 7 heteroatoms. The lowest BCUT2D eigenvalue weighted by atomic mass is 10.1. The molecule has 0 aliphatic rings. The van der Waals surface area contributed by atoms with Gasteiger partial charge in [0.05, 0.1) is 17.5 Å². The third-order valence-electron chi connectivity index (χ3n) is 2.60. The van der Waals surface area contributed by atoms with E-state index in [1.807, 2.05) is 25.1 Å². The van der Waals surface area contributed by atoms with Gasteiger partial charge in [0.25, 0.3) is 0 Å². The van der Waals surface area contributed by atoms with E-state index in [1.165, 1.54) is 6.07 Å². The number of nitro groups is 1. The van der Waals surface area contributed by atoms with E-state index >= 15 is 0 Å². The van der Waals surface area contributed by atoms with E-state index in [1.54, 1.807) is 6.07 Å². The lowest BCUT2D eigenvalue weighted by molar-refractivity contribution is -0.402. The fourth-order valence-electron chi connectivity index (χ4n) is 1.70. The van der Waals surface area contributed by atoms with Crippen molar-refractivity contribution in [3.05, 3.63) is 56.2 Å². The van der Waals surface area contributed by atoms with Crippen molar-refractivity contribution in [1.29, 1.82) is 0 Å². The fourth-order valence-corrected chi connectivity index (χ4v) is 3.24. The Morgan fingerprint density at radius 1 is 1.40 bits per heavy atom. The van der Waals surface area contributed by atoms with Gasteiger partial charge in [0.15, 0.2) is 0 Å². The van der Waals surface area contributed by atoms with Crippen LogP contribution in [0.1, 0.15) is 23.1 Å². The topological polar surface area (TPSA) is 65.5 Å². The molecule has 1 aromatic heterocycles. The van der Waals surface area contributed by atoms with Gasteiger partial charge < -0.3 is 9.15 Å². The number of rotatable bonds is 5. The average Bonchev–Trinajstić information content (AvgIpc) is 2.88. The van der Waals surface area contributed by atoms with Crippen molar-refractivity contribution in [3.8, 4) is 5.75 Å². The van der Waals surface area contributed by atoms with Crippen molar-refractivity contribution in [2.24, 2.45) is 0 Å². The first-order valence-electron chi connectivity index (χ1n) is 5.83. The van der Waals surface area contributed by atoms with Gasteiger partial charge in [0.2, 0.25) is 0 Å². The molecule has 0 saturated heterocycles. The molecule has 0 aliphatic carbocycles. The summed E-state index contributed by atoms with van der Waals surface area (Å²) in [6, 6.07) is 8.50. The van der Waals surface area contributed by atoms with Crippen LogP contribution in [-0.2, 0) is 0 Å². The summed E-state index contributed by atoms with van der Waals surface area (Å²) in [5.41, 5.74) is 0.901. The van der Waals surface area contributed by atoms with Crippen LogP contribution in [0.15, 0.2) is 39.2 Å². The number of benzene rings is 1. The average molecular weight is 405 g/mol. The van der Waals surface area contributed by atoms with E-state index in [4.69, 9.17) is 9.15 Å². The first-order chi connectivity index (χ1) is 9.52. The van der Waals surface area contributed by atoms with E-state index in [-0.39, 0.29) is 10.7 Å². The second-order valence-electron chi connectivity index (χ2n) is 3.91. The Kier molecular flexibility index (Phi) is 4.82. The monoisotopic (exact) mass is 403 g/mol. The highest BCUT2D eigenvalue weighted by molar-refractivity contribution is 9.11. The zero-order valence-corrected chi connectivity index (χ0v) is 13.7. The minimum Gasteiger partial charge on any atom is -0.494 e. The Morgan fingerprint density at radius 2 is 2.15 bits per heavy atom. The van der Waals surface area contributed by atoms with Crippen molar-refractivity contribution >= 4 is 37.7 Å². The second-order valence-corrected chi connectivity index (χ2v) is 5.68. The lowest BCUT2D eigenvalue weighted by Crippen LogP contribution is -1.95. The summed E-state index contributed by atoms with van der Waals surface area (Å²) in [7, 11) is 0. The van der Waals surface area contributed by atoms with Gasteiger partial charge in [-0.25, -0.2) is 0 Å². The van der Waals surface area contributed by atoms with Crippen molar-refractivity contribution in [1.82, 2.24) is 0 Å². The zero-order valence-electron chi connectivity index (χ0n) is 10.5. The van der Waals surface area contributed by atoms with Crippen LogP contribution in [0.4, 0.5) is 5.88 Å². The van der Waals surface area contributed by atoms with Crippen molar-refractivity contribution in [2.75, 3.05) is 6.61 Å². The summed E-state index contributed by atoms with van der Waals surface area (Å²) in [6.07, 6.45) is 0. The number of furan rings is 1. The number of hydrogen-bond donors (Lipinski definition) is 0. The first kappa shape index (κ1) is 15.1. The van der Waals surface area contributed by atoms with Gasteiger partial charge in [-0.3, -0.25) is 10.1 Å². The number of hydrogen-bond acceptors (Lipinski definition) is 4. The van der Waals surface area contributed by atoms with E-state index in [2.05, 4.69) is 31.9 Å². The van der Waals surface area contributed by atoms with Gasteiger partial charge in [-0.1, -0.05) is 37.9 Å². The minimum atomic E-state index is -0.559. The molecule has 1 unspecified atom stereocenters. The maximum Gasteiger partial charge on any atom is 0.433 e. The van der Waals surface area contributed by atoms with Crippen molar-refractivity contribution in [3.63, 3.8) is 0 Å². The van der Waals surface area contributed by atoms with Crippen LogP contribution in [0.3, 0.4) is 0 Å². The summed E-state index contributed by atoms with van der Waals surface area (Å²) < 4.78 is 11.4. The third-order valence-corrected chi connectivity index (χ3v) is 4.23. The molecule has 1 aromatic carbocycles. The molecular formula is C13H11Br2NO4. The second kappa shape index (κ2) is 6.41. The van der Waals surface area contributed by atoms with Gasteiger partial charge in [0.1, 0.15) is 16.4 Å². The number of halogens is 2. The molecular weight excluding hydrogens is 394 g/mol. The predicted octanol–water partition coefficient (Wildman–Crippen LogP) is 4.83.